The van der Waals surface area contributed by atoms with Crippen molar-refractivity contribution in [1.82, 2.24) is 0 Å². The third-order valence-electron chi connectivity index (χ3n) is 5.44. The van der Waals surface area contributed by atoms with Crippen molar-refractivity contribution in [3.63, 3.8) is 0 Å². The third kappa shape index (κ3) is 4.77. The second-order valence-corrected chi connectivity index (χ2v) is 8.93. The Balaban J connectivity index is 1.56. The number of ether oxygens (including phenoxy) is 2. The summed E-state index contributed by atoms with van der Waals surface area (Å²) in [5, 5.41) is 0.319. The number of anilines is 1. The van der Waals surface area contributed by atoms with Crippen LogP contribution in [-0.4, -0.2) is 18.3 Å². The van der Waals surface area contributed by atoms with Crippen molar-refractivity contribution in [1.29, 1.82) is 0 Å². The molecule has 3 aromatic rings. The number of halogens is 1. The first-order valence-corrected chi connectivity index (χ1v) is 11.5. The highest BCUT2D eigenvalue weighted by molar-refractivity contribution is 8.19. The van der Waals surface area contributed by atoms with Gasteiger partial charge in [-0.25, -0.2) is 4.90 Å². The van der Waals surface area contributed by atoms with Gasteiger partial charge in [0, 0.05) is 10.6 Å². The Morgan fingerprint density at radius 1 is 1.00 bits per heavy atom. The van der Waals surface area contributed by atoms with E-state index in [4.69, 9.17) is 21.1 Å². The number of benzene rings is 3. The van der Waals surface area contributed by atoms with Gasteiger partial charge in [-0.2, -0.15) is 0 Å². The van der Waals surface area contributed by atoms with Crippen LogP contribution in [-0.2, 0) is 11.4 Å². The molecular formula is C26H22ClNO4S. The summed E-state index contributed by atoms with van der Waals surface area (Å²) >= 11 is 7.12. The van der Waals surface area contributed by atoms with E-state index in [1.54, 1.807) is 31.4 Å². The largest absolute Gasteiger partial charge is 0.493 e. The standard InChI is InChI=1S/C26H22ClNO4S/c1-16-7-6-10-21(17(16)2)28-25(29)24(33-26(28)30)14-18-11-12-22(23(13-18)31-3)32-15-19-8-4-5-9-20(19)27/h4-14H,15H2,1-3H3/b24-14-. The SMILES string of the molecule is COc1cc(/C=C2\SC(=O)N(c3cccc(C)c3C)C2=O)ccc1OCc1ccccc1Cl. The number of imide groups is 1. The number of methoxy groups -OCH3 is 1. The lowest BCUT2D eigenvalue weighted by molar-refractivity contribution is -0.113. The predicted molar refractivity (Wildman–Crippen MR) is 133 cm³/mol. The number of rotatable bonds is 6. The van der Waals surface area contributed by atoms with Crippen LogP contribution in [0.25, 0.3) is 6.08 Å². The Hall–Kier alpha value is -3.22. The zero-order chi connectivity index (χ0) is 23.5. The molecule has 33 heavy (non-hydrogen) atoms. The number of carbonyl (C=O) groups excluding carboxylic acids is 2. The van der Waals surface area contributed by atoms with Gasteiger partial charge in [0.15, 0.2) is 11.5 Å². The van der Waals surface area contributed by atoms with Gasteiger partial charge in [0.2, 0.25) is 0 Å². The first-order valence-electron chi connectivity index (χ1n) is 10.3. The molecule has 1 fully saturated rings. The van der Waals surface area contributed by atoms with Crippen molar-refractivity contribution in [2.24, 2.45) is 0 Å². The lowest BCUT2D eigenvalue weighted by Crippen LogP contribution is -2.28. The predicted octanol–water partition coefficient (Wildman–Crippen LogP) is 6.79. The second-order valence-electron chi connectivity index (χ2n) is 7.53. The maximum atomic E-state index is 13.0. The van der Waals surface area contributed by atoms with Gasteiger partial charge in [0.05, 0.1) is 17.7 Å². The lowest BCUT2D eigenvalue weighted by atomic mass is 10.1. The number of carbonyl (C=O) groups is 2. The minimum atomic E-state index is -0.336. The van der Waals surface area contributed by atoms with Crippen LogP contribution in [0.5, 0.6) is 11.5 Å². The highest BCUT2D eigenvalue weighted by Gasteiger charge is 2.37. The quantitative estimate of drug-likeness (QED) is 0.364. The molecule has 1 saturated heterocycles. The van der Waals surface area contributed by atoms with Crippen LogP contribution in [0.4, 0.5) is 10.5 Å². The summed E-state index contributed by atoms with van der Waals surface area (Å²) in [7, 11) is 1.55. The van der Waals surface area contributed by atoms with Crippen LogP contribution in [0.3, 0.4) is 0 Å². The van der Waals surface area contributed by atoms with Gasteiger partial charge in [-0.05, 0) is 72.6 Å². The fourth-order valence-electron chi connectivity index (χ4n) is 3.47. The average molecular weight is 480 g/mol. The molecule has 1 aliphatic rings. The first-order chi connectivity index (χ1) is 15.9. The van der Waals surface area contributed by atoms with Crippen molar-refractivity contribution in [3.05, 3.63) is 92.8 Å². The molecule has 3 aromatic carbocycles. The van der Waals surface area contributed by atoms with Crippen molar-refractivity contribution in [3.8, 4) is 11.5 Å². The molecule has 0 bridgehead atoms. The monoisotopic (exact) mass is 479 g/mol. The molecule has 0 unspecified atom stereocenters. The minimum Gasteiger partial charge on any atom is -0.493 e. The molecule has 0 atom stereocenters. The maximum Gasteiger partial charge on any atom is 0.298 e. The molecule has 0 radical (unpaired) electrons. The van der Waals surface area contributed by atoms with E-state index in [1.165, 1.54) is 4.90 Å². The summed E-state index contributed by atoms with van der Waals surface area (Å²) in [5.74, 6) is 0.735. The molecular weight excluding hydrogens is 458 g/mol. The van der Waals surface area contributed by atoms with E-state index in [2.05, 4.69) is 0 Å². The zero-order valence-electron chi connectivity index (χ0n) is 18.4. The van der Waals surface area contributed by atoms with Crippen molar-refractivity contribution < 1.29 is 19.1 Å². The van der Waals surface area contributed by atoms with Crippen LogP contribution in [0.2, 0.25) is 5.02 Å². The Morgan fingerprint density at radius 3 is 2.55 bits per heavy atom. The van der Waals surface area contributed by atoms with Crippen molar-refractivity contribution in [2.45, 2.75) is 20.5 Å². The smallest absolute Gasteiger partial charge is 0.298 e. The third-order valence-corrected chi connectivity index (χ3v) is 6.68. The van der Waals surface area contributed by atoms with Crippen molar-refractivity contribution >= 4 is 46.3 Å². The number of aryl methyl sites for hydroxylation is 1. The molecule has 0 spiro atoms. The van der Waals surface area contributed by atoms with E-state index < -0.39 is 0 Å². The highest BCUT2D eigenvalue weighted by Crippen LogP contribution is 2.38. The average Bonchev–Trinajstić information content (AvgIpc) is 3.08. The van der Waals surface area contributed by atoms with Gasteiger partial charge in [-0.3, -0.25) is 9.59 Å². The van der Waals surface area contributed by atoms with Crippen LogP contribution >= 0.6 is 23.4 Å². The highest BCUT2D eigenvalue weighted by atomic mass is 35.5. The molecule has 0 aliphatic carbocycles. The number of nitrogens with zero attached hydrogens (tertiary/aromatic N) is 1. The van der Waals surface area contributed by atoms with E-state index >= 15 is 0 Å². The molecule has 7 heteroatoms. The van der Waals surface area contributed by atoms with Gasteiger partial charge in [0.25, 0.3) is 11.1 Å². The van der Waals surface area contributed by atoms with Gasteiger partial charge in [0.1, 0.15) is 6.61 Å². The summed E-state index contributed by atoms with van der Waals surface area (Å²) in [5.41, 5.74) is 4.13. The van der Waals surface area contributed by atoms with Gasteiger partial charge in [-0.15, -0.1) is 0 Å². The van der Waals surface area contributed by atoms with Crippen LogP contribution in [0, 0.1) is 13.8 Å². The Morgan fingerprint density at radius 2 is 1.79 bits per heavy atom. The molecule has 0 N–H and O–H groups in total. The number of hydrogen-bond donors (Lipinski definition) is 0. The van der Waals surface area contributed by atoms with E-state index in [1.807, 2.05) is 56.3 Å². The molecule has 5 nitrogen and oxygen atoms in total. The summed E-state index contributed by atoms with van der Waals surface area (Å²) in [4.78, 5) is 27.3. The Kier molecular flexibility index (Phi) is 6.77. The van der Waals surface area contributed by atoms with Gasteiger partial charge < -0.3 is 9.47 Å². The summed E-state index contributed by atoms with van der Waals surface area (Å²) in [6, 6.07) is 18.4. The minimum absolute atomic E-state index is 0.296. The van der Waals surface area contributed by atoms with Gasteiger partial charge >= 0.3 is 0 Å². The number of amides is 2. The lowest BCUT2D eigenvalue weighted by Gasteiger charge is -2.16. The second kappa shape index (κ2) is 9.73. The molecule has 1 aliphatic heterocycles. The fourth-order valence-corrected chi connectivity index (χ4v) is 4.49. The summed E-state index contributed by atoms with van der Waals surface area (Å²) in [6.07, 6.45) is 1.69. The van der Waals surface area contributed by atoms with Gasteiger partial charge in [-0.1, -0.05) is 48.0 Å². The maximum absolute atomic E-state index is 13.0. The number of thioether (sulfide) groups is 1. The summed E-state index contributed by atoms with van der Waals surface area (Å²) < 4.78 is 11.4. The normalized spacial score (nSPS) is 14.8. The molecule has 4 rings (SSSR count). The van der Waals surface area contributed by atoms with E-state index in [0.29, 0.717) is 33.7 Å². The molecule has 2 amide bonds. The Bertz CT molecular complexity index is 1270. The first kappa shape index (κ1) is 23.0. The van der Waals surface area contributed by atoms with Crippen LogP contribution in [0.1, 0.15) is 22.3 Å². The van der Waals surface area contributed by atoms with E-state index in [-0.39, 0.29) is 11.1 Å². The van der Waals surface area contributed by atoms with Crippen molar-refractivity contribution in [2.75, 3.05) is 12.0 Å². The summed E-state index contributed by atoms with van der Waals surface area (Å²) in [6.45, 7) is 4.16. The van der Waals surface area contributed by atoms with Crippen LogP contribution < -0.4 is 14.4 Å². The fraction of sp³-hybridized carbons (Fsp3) is 0.154. The topological polar surface area (TPSA) is 55.8 Å². The number of hydrogen-bond acceptors (Lipinski definition) is 5. The molecule has 168 valence electrons. The van der Waals surface area contributed by atoms with Crippen LogP contribution in [0.15, 0.2) is 65.6 Å². The van der Waals surface area contributed by atoms with E-state index in [0.717, 1.165) is 34.0 Å². The molecule has 1 heterocycles. The zero-order valence-corrected chi connectivity index (χ0v) is 20.0. The molecule has 0 saturated carbocycles. The van der Waals surface area contributed by atoms with E-state index in [9.17, 15) is 9.59 Å². The molecule has 0 aromatic heterocycles. The Labute approximate surface area is 202 Å².